The number of nitrogens with zero attached hydrogens (tertiary/aromatic N) is 3. The maximum Gasteiger partial charge on any atom is 0.312 e. The second-order valence-corrected chi connectivity index (χ2v) is 7.25. The Morgan fingerprint density at radius 2 is 1.95 bits per heavy atom. The van der Waals surface area contributed by atoms with Crippen molar-refractivity contribution in [3.8, 4) is 5.75 Å². The number of piperidine rings is 1. The monoisotopic (exact) mass is 369 g/mol. The second-order valence-electron chi connectivity index (χ2n) is 6.39. The van der Waals surface area contributed by atoms with E-state index in [0.717, 1.165) is 23.2 Å². The molecule has 0 aromatic heterocycles. The van der Waals surface area contributed by atoms with E-state index in [0.29, 0.717) is 11.2 Å². The molecule has 1 aromatic carbocycles. The Labute approximate surface area is 138 Å². The van der Waals surface area contributed by atoms with Gasteiger partial charge in [-0.15, -0.1) is 0 Å². The SMILES string of the molecule is COc1cc(N2CCC3(CC2)CN(C)C3)c(Br)cc1[N+](=O)[O-]. The fraction of sp³-hybridized carbons (Fsp3) is 0.600. The summed E-state index contributed by atoms with van der Waals surface area (Å²) in [5.41, 5.74) is 1.46. The molecule has 1 spiro atoms. The van der Waals surface area contributed by atoms with E-state index in [-0.39, 0.29) is 5.69 Å². The van der Waals surface area contributed by atoms with Crippen LogP contribution in [0.5, 0.6) is 5.75 Å². The normalized spacial score (nSPS) is 20.8. The number of methoxy groups -OCH3 is 1. The van der Waals surface area contributed by atoms with E-state index in [1.54, 1.807) is 6.07 Å². The first kappa shape index (κ1) is 15.6. The molecular weight excluding hydrogens is 350 g/mol. The molecule has 0 bridgehead atoms. The van der Waals surface area contributed by atoms with Crippen LogP contribution < -0.4 is 9.64 Å². The van der Waals surface area contributed by atoms with Gasteiger partial charge in [-0.05, 0) is 41.2 Å². The van der Waals surface area contributed by atoms with Gasteiger partial charge in [0.2, 0.25) is 0 Å². The molecule has 120 valence electrons. The van der Waals surface area contributed by atoms with Gasteiger partial charge in [0, 0.05) is 42.8 Å². The first-order valence-electron chi connectivity index (χ1n) is 7.39. The fourth-order valence-electron chi connectivity index (χ4n) is 3.72. The van der Waals surface area contributed by atoms with Gasteiger partial charge in [0.05, 0.1) is 17.7 Å². The van der Waals surface area contributed by atoms with E-state index >= 15 is 0 Å². The topological polar surface area (TPSA) is 58.8 Å². The lowest BCUT2D eigenvalue weighted by Gasteiger charge is -2.53. The Kier molecular flexibility index (Phi) is 4.03. The van der Waals surface area contributed by atoms with E-state index in [9.17, 15) is 10.1 Å². The van der Waals surface area contributed by atoms with Gasteiger partial charge >= 0.3 is 5.69 Å². The van der Waals surface area contributed by atoms with Crippen LogP contribution in [0.4, 0.5) is 11.4 Å². The quantitative estimate of drug-likeness (QED) is 0.605. The third-order valence-electron chi connectivity index (χ3n) is 4.82. The summed E-state index contributed by atoms with van der Waals surface area (Å²) < 4.78 is 5.94. The van der Waals surface area contributed by atoms with Crippen LogP contribution in [0.25, 0.3) is 0 Å². The molecule has 0 saturated carbocycles. The van der Waals surface area contributed by atoms with Crippen molar-refractivity contribution < 1.29 is 9.66 Å². The van der Waals surface area contributed by atoms with Crippen molar-refractivity contribution in [2.24, 2.45) is 5.41 Å². The molecule has 0 amide bonds. The van der Waals surface area contributed by atoms with Crippen molar-refractivity contribution in [2.75, 3.05) is 45.2 Å². The maximum absolute atomic E-state index is 11.1. The average Bonchev–Trinajstić information content (AvgIpc) is 2.46. The minimum absolute atomic E-state index is 0.00720. The Morgan fingerprint density at radius 3 is 2.45 bits per heavy atom. The van der Waals surface area contributed by atoms with Crippen LogP contribution >= 0.6 is 15.9 Å². The molecule has 1 aromatic rings. The number of hydrogen-bond donors (Lipinski definition) is 0. The number of anilines is 1. The van der Waals surface area contributed by atoms with Gasteiger partial charge in [0.15, 0.2) is 5.75 Å². The zero-order valence-corrected chi connectivity index (χ0v) is 14.4. The van der Waals surface area contributed by atoms with Gasteiger partial charge in [-0.25, -0.2) is 0 Å². The summed E-state index contributed by atoms with van der Waals surface area (Å²) in [4.78, 5) is 15.3. The van der Waals surface area contributed by atoms with Crippen LogP contribution in [0.15, 0.2) is 16.6 Å². The Bertz CT molecular complexity index is 592. The lowest BCUT2D eigenvalue weighted by Crippen LogP contribution is -2.58. The molecule has 2 fully saturated rings. The molecule has 3 rings (SSSR count). The van der Waals surface area contributed by atoms with Crippen LogP contribution in [0.3, 0.4) is 0 Å². The molecule has 6 nitrogen and oxygen atoms in total. The lowest BCUT2D eigenvalue weighted by atomic mass is 9.72. The number of hydrogen-bond acceptors (Lipinski definition) is 5. The van der Waals surface area contributed by atoms with E-state index in [4.69, 9.17) is 4.74 Å². The number of nitro groups is 1. The molecule has 0 aliphatic carbocycles. The molecule has 2 saturated heterocycles. The van der Waals surface area contributed by atoms with Gasteiger partial charge in [0.25, 0.3) is 0 Å². The van der Waals surface area contributed by atoms with Crippen LogP contribution in [0.1, 0.15) is 12.8 Å². The molecule has 2 aliphatic rings. The molecule has 0 radical (unpaired) electrons. The largest absolute Gasteiger partial charge is 0.490 e. The average molecular weight is 370 g/mol. The fourth-order valence-corrected chi connectivity index (χ4v) is 4.30. The number of ether oxygens (including phenoxy) is 1. The smallest absolute Gasteiger partial charge is 0.312 e. The van der Waals surface area contributed by atoms with Gasteiger partial charge in [0.1, 0.15) is 0 Å². The van der Waals surface area contributed by atoms with Gasteiger partial charge < -0.3 is 14.5 Å². The predicted octanol–water partition coefficient (Wildman–Crippen LogP) is 2.90. The highest BCUT2D eigenvalue weighted by Crippen LogP contribution is 2.43. The molecular formula is C15H20BrN3O3. The van der Waals surface area contributed by atoms with Gasteiger partial charge in [-0.2, -0.15) is 0 Å². The third kappa shape index (κ3) is 2.67. The highest BCUT2D eigenvalue weighted by Gasteiger charge is 2.43. The van der Waals surface area contributed by atoms with Crippen LogP contribution in [-0.2, 0) is 0 Å². The number of rotatable bonds is 3. The number of likely N-dealkylation sites (tertiary alicyclic amines) is 1. The molecule has 2 aliphatic heterocycles. The van der Waals surface area contributed by atoms with Crippen molar-refractivity contribution >= 4 is 27.3 Å². The van der Waals surface area contributed by atoms with Crippen molar-refractivity contribution in [3.05, 3.63) is 26.7 Å². The Balaban J connectivity index is 1.79. The summed E-state index contributed by atoms with van der Waals surface area (Å²) in [6.07, 6.45) is 2.34. The van der Waals surface area contributed by atoms with Crippen molar-refractivity contribution in [1.29, 1.82) is 0 Å². The Morgan fingerprint density at radius 1 is 1.32 bits per heavy atom. The highest BCUT2D eigenvalue weighted by molar-refractivity contribution is 9.10. The standard InChI is InChI=1S/C15H20BrN3O3/c1-17-9-15(10-17)3-5-18(6-4-15)12-8-14(22-2)13(19(20)21)7-11(12)16/h7-8H,3-6,9-10H2,1-2H3. The van der Waals surface area contributed by atoms with Crippen LogP contribution in [0.2, 0.25) is 0 Å². The summed E-state index contributed by atoms with van der Waals surface area (Å²) >= 11 is 3.47. The summed E-state index contributed by atoms with van der Waals surface area (Å²) in [6, 6.07) is 3.31. The number of nitro benzene ring substituents is 1. The minimum Gasteiger partial charge on any atom is -0.490 e. The summed E-state index contributed by atoms with van der Waals surface area (Å²) in [6.45, 7) is 4.33. The number of halogens is 1. The number of benzene rings is 1. The first-order valence-corrected chi connectivity index (χ1v) is 8.19. The van der Waals surface area contributed by atoms with Gasteiger partial charge in [-0.3, -0.25) is 10.1 Å². The van der Waals surface area contributed by atoms with E-state index in [1.807, 2.05) is 0 Å². The van der Waals surface area contributed by atoms with Crippen molar-refractivity contribution in [3.63, 3.8) is 0 Å². The zero-order chi connectivity index (χ0) is 15.9. The third-order valence-corrected chi connectivity index (χ3v) is 5.46. The Hall–Kier alpha value is -1.34. The second kappa shape index (κ2) is 5.70. The molecule has 2 heterocycles. The first-order chi connectivity index (χ1) is 10.4. The summed E-state index contributed by atoms with van der Waals surface area (Å²) in [5.74, 6) is 0.312. The van der Waals surface area contributed by atoms with Gasteiger partial charge in [-0.1, -0.05) is 0 Å². The molecule has 22 heavy (non-hydrogen) atoms. The van der Waals surface area contributed by atoms with Crippen LogP contribution in [-0.4, -0.2) is 50.2 Å². The molecule has 0 N–H and O–H groups in total. The van der Waals surface area contributed by atoms with E-state index in [1.165, 1.54) is 39.1 Å². The van der Waals surface area contributed by atoms with Crippen molar-refractivity contribution in [1.82, 2.24) is 4.90 Å². The lowest BCUT2D eigenvalue weighted by molar-refractivity contribution is -0.385. The molecule has 0 unspecified atom stereocenters. The maximum atomic E-state index is 11.1. The summed E-state index contributed by atoms with van der Waals surface area (Å²) in [7, 11) is 3.63. The summed E-state index contributed by atoms with van der Waals surface area (Å²) in [5, 5.41) is 11.1. The molecule has 7 heteroatoms. The highest BCUT2D eigenvalue weighted by atomic mass is 79.9. The molecule has 0 atom stereocenters. The van der Waals surface area contributed by atoms with Crippen molar-refractivity contribution in [2.45, 2.75) is 12.8 Å². The predicted molar refractivity (Wildman–Crippen MR) is 88.7 cm³/mol. The zero-order valence-electron chi connectivity index (χ0n) is 12.8. The van der Waals surface area contributed by atoms with E-state index in [2.05, 4.69) is 32.8 Å². The minimum atomic E-state index is -0.414. The van der Waals surface area contributed by atoms with E-state index < -0.39 is 4.92 Å². The van der Waals surface area contributed by atoms with Crippen LogP contribution in [0, 0.1) is 15.5 Å².